The summed E-state index contributed by atoms with van der Waals surface area (Å²) in [7, 11) is 0. The van der Waals surface area contributed by atoms with Crippen molar-refractivity contribution in [3.05, 3.63) is 64.3 Å². The molecule has 24 heavy (non-hydrogen) atoms. The molecule has 0 aliphatic rings. The van der Waals surface area contributed by atoms with E-state index in [1.165, 1.54) is 6.20 Å². The highest BCUT2D eigenvalue weighted by Gasteiger charge is 2.13. The van der Waals surface area contributed by atoms with Crippen molar-refractivity contribution < 1.29 is 9.21 Å². The van der Waals surface area contributed by atoms with Crippen LogP contribution in [0.25, 0.3) is 10.9 Å². The summed E-state index contributed by atoms with van der Waals surface area (Å²) in [6.45, 7) is 4.14. The van der Waals surface area contributed by atoms with Crippen molar-refractivity contribution in [1.82, 2.24) is 15.1 Å². The van der Waals surface area contributed by atoms with Gasteiger partial charge in [0.15, 0.2) is 0 Å². The standard InChI is InChI=1S/C18H19N3O3/c1-12-7-8-17(24-12)13(2)20-18(23)9-10-21-15-6-4-3-5-14(15)16(22)11-19-21/h3-8,11,13H,9-10H2,1-2H3,(H,20,23). The summed E-state index contributed by atoms with van der Waals surface area (Å²) in [4.78, 5) is 24.0. The fourth-order valence-corrected chi connectivity index (χ4v) is 2.62. The topological polar surface area (TPSA) is 77.1 Å². The zero-order valence-corrected chi connectivity index (χ0v) is 13.7. The molecule has 0 spiro atoms. The van der Waals surface area contributed by atoms with E-state index in [-0.39, 0.29) is 23.8 Å². The summed E-state index contributed by atoms with van der Waals surface area (Å²) >= 11 is 0. The highest BCUT2D eigenvalue weighted by atomic mass is 16.3. The molecule has 2 heterocycles. The number of benzene rings is 1. The van der Waals surface area contributed by atoms with Crippen molar-refractivity contribution in [2.24, 2.45) is 0 Å². The van der Waals surface area contributed by atoms with Gasteiger partial charge < -0.3 is 9.73 Å². The van der Waals surface area contributed by atoms with Crippen LogP contribution in [-0.2, 0) is 11.3 Å². The number of aryl methyl sites for hydroxylation is 2. The Morgan fingerprint density at radius 3 is 2.83 bits per heavy atom. The minimum absolute atomic E-state index is 0.0962. The second-order valence-corrected chi connectivity index (χ2v) is 5.74. The molecule has 1 N–H and O–H groups in total. The van der Waals surface area contributed by atoms with Gasteiger partial charge in [-0.05, 0) is 38.1 Å². The molecule has 1 amide bonds. The molecule has 1 atom stereocenters. The Morgan fingerprint density at radius 2 is 2.08 bits per heavy atom. The highest BCUT2D eigenvalue weighted by molar-refractivity contribution is 5.79. The van der Waals surface area contributed by atoms with Gasteiger partial charge in [-0.2, -0.15) is 5.10 Å². The van der Waals surface area contributed by atoms with E-state index in [2.05, 4.69) is 10.4 Å². The van der Waals surface area contributed by atoms with Crippen molar-refractivity contribution in [2.45, 2.75) is 32.9 Å². The summed E-state index contributed by atoms with van der Waals surface area (Å²) in [5.41, 5.74) is 0.612. The van der Waals surface area contributed by atoms with E-state index in [4.69, 9.17) is 4.42 Å². The molecule has 2 aromatic heterocycles. The number of fused-ring (bicyclic) bond motifs is 1. The van der Waals surface area contributed by atoms with Crippen LogP contribution >= 0.6 is 0 Å². The molecule has 124 valence electrons. The zero-order chi connectivity index (χ0) is 17.1. The Kier molecular flexibility index (Phi) is 4.46. The first-order valence-corrected chi connectivity index (χ1v) is 7.85. The Balaban J connectivity index is 1.66. The number of hydrogen-bond acceptors (Lipinski definition) is 4. The van der Waals surface area contributed by atoms with Crippen LogP contribution in [0.3, 0.4) is 0 Å². The maximum atomic E-state index is 12.2. The number of aromatic nitrogens is 2. The SMILES string of the molecule is Cc1ccc(C(C)NC(=O)CCn2ncc(=O)c3ccccc32)o1. The third-order valence-corrected chi connectivity index (χ3v) is 3.88. The predicted molar refractivity (Wildman–Crippen MR) is 90.6 cm³/mol. The molecule has 1 unspecified atom stereocenters. The normalized spacial score (nSPS) is 12.2. The molecule has 3 aromatic rings. The second kappa shape index (κ2) is 6.70. The molecule has 0 saturated carbocycles. The molecule has 6 heteroatoms. The van der Waals surface area contributed by atoms with Crippen molar-refractivity contribution in [1.29, 1.82) is 0 Å². The van der Waals surface area contributed by atoms with Gasteiger partial charge in [-0.1, -0.05) is 12.1 Å². The maximum Gasteiger partial charge on any atom is 0.222 e. The molecular weight excluding hydrogens is 306 g/mol. The van der Waals surface area contributed by atoms with Crippen LogP contribution in [0.5, 0.6) is 0 Å². The molecule has 0 fully saturated rings. The van der Waals surface area contributed by atoms with Crippen molar-refractivity contribution in [3.8, 4) is 0 Å². The van der Waals surface area contributed by atoms with Crippen LogP contribution in [0.15, 0.2) is 51.8 Å². The lowest BCUT2D eigenvalue weighted by Gasteiger charge is -2.13. The first-order valence-electron chi connectivity index (χ1n) is 7.85. The van der Waals surface area contributed by atoms with Crippen molar-refractivity contribution in [3.63, 3.8) is 0 Å². The third kappa shape index (κ3) is 3.37. The van der Waals surface area contributed by atoms with Crippen LogP contribution in [0.4, 0.5) is 0 Å². The van der Waals surface area contributed by atoms with E-state index >= 15 is 0 Å². The first kappa shape index (κ1) is 16.0. The van der Waals surface area contributed by atoms with E-state index in [1.807, 2.05) is 44.2 Å². The van der Waals surface area contributed by atoms with E-state index < -0.39 is 0 Å². The number of nitrogens with zero attached hydrogens (tertiary/aromatic N) is 2. The van der Waals surface area contributed by atoms with E-state index in [9.17, 15) is 9.59 Å². The fourth-order valence-electron chi connectivity index (χ4n) is 2.62. The van der Waals surface area contributed by atoms with Gasteiger partial charge in [0.25, 0.3) is 0 Å². The van der Waals surface area contributed by atoms with Gasteiger partial charge in [-0.15, -0.1) is 0 Å². The minimum atomic E-state index is -0.190. The van der Waals surface area contributed by atoms with Gasteiger partial charge in [0.1, 0.15) is 11.5 Å². The number of furan rings is 1. The Labute approximate surface area is 139 Å². The van der Waals surface area contributed by atoms with Gasteiger partial charge in [0.2, 0.25) is 11.3 Å². The summed E-state index contributed by atoms with van der Waals surface area (Å²) < 4.78 is 7.19. The minimum Gasteiger partial charge on any atom is -0.464 e. The lowest BCUT2D eigenvalue weighted by Crippen LogP contribution is -2.27. The summed E-state index contributed by atoms with van der Waals surface area (Å²) in [6, 6.07) is 10.8. The molecule has 0 radical (unpaired) electrons. The van der Waals surface area contributed by atoms with E-state index in [0.717, 1.165) is 17.0 Å². The molecule has 0 saturated heterocycles. The van der Waals surface area contributed by atoms with Gasteiger partial charge in [0, 0.05) is 11.8 Å². The van der Waals surface area contributed by atoms with Gasteiger partial charge in [-0.25, -0.2) is 0 Å². The fraction of sp³-hybridized carbons (Fsp3) is 0.278. The Morgan fingerprint density at radius 1 is 1.29 bits per heavy atom. The lowest BCUT2D eigenvalue weighted by molar-refractivity contribution is -0.122. The van der Waals surface area contributed by atoms with Crippen LogP contribution in [0, 0.1) is 6.92 Å². The van der Waals surface area contributed by atoms with E-state index in [1.54, 1.807) is 10.7 Å². The van der Waals surface area contributed by atoms with E-state index in [0.29, 0.717) is 11.9 Å². The summed E-state index contributed by atoms with van der Waals surface area (Å²) in [5, 5.41) is 7.63. The van der Waals surface area contributed by atoms with Crippen LogP contribution in [0.2, 0.25) is 0 Å². The average molecular weight is 325 g/mol. The molecule has 3 rings (SSSR count). The molecule has 0 aliphatic heterocycles. The Bertz CT molecular complexity index is 926. The number of nitrogens with one attached hydrogen (secondary N) is 1. The average Bonchev–Trinajstić information content (AvgIpc) is 3.01. The number of amides is 1. The van der Waals surface area contributed by atoms with Gasteiger partial charge in [0.05, 0.1) is 24.3 Å². The molecule has 6 nitrogen and oxygen atoms in total. The number of rotatable bonds is 5. The highest BCUT2D eigenvalue weighted by Crippen LogP contribution is 2.15. The number of carbonyl (C=O) groups excluding carboxylic acids is 1. The van der Waals surface area contributed by atoms with Gasteiger partial charge >= 0.3 is 0 Å². The predicted octanol–water partition coefficient (Wildman–Crippen LogP) is 2.57. The second-order valence-electron chi connectivity index (χ2n) is 5.74. The molecule has 0 aliphatic carbocycles. The van der Waals surface area contributed by atoms with Crippen LogP contribution in [0.1, 0.15) is 30.9 Å². The van der Waals surface area contributed by atoms with Crippen LogP contribution < -0.4 is 10.7 Å². The zero-order valence-electron chi connectivity index (χ0n) is 13.7. The molecule has 0 bridgehead atoms. The Hall–Kier alpha value is -2.89. The molecular formula is C18H19N3O3. The largest absolute Gasteiger partial charge is 0.464 e. The third-order valence-electron chi connectivity index (χ3n) is 3.88. The maximum absolute atomic E-state index is 12.2. The molecule has 1 aromatic carbocycles. The smallest absolute Gasteiger partial charge is 0.222 e. The number of carbonyl (C=O) groups is 1. The van der Waals surface area contributed by atoms with Crippen LogP contribution in [-0.4, -0.2) is 15.7 Å². The van der Waals surface area contributed by atoms with Crippen molar-refractivity contribution >= 4 is 16.8 Å². The van der Waals surface area contributed by atoms with Crippen molar-refractivity contribution in [2.75, 3.05) is 0 Å². The number of hydrogen-bond donors (Lipinski definition) is 1. The first-order chi connectivity index (χ1) is 11.5. The number of para-hydroxylation sites is 1. The quantitative estimate of drug-likeness (QED) is 0.782. The summed E-state index contributed by atoms with van der Waals surface area (Å²) in [5.74, 6) is 1.45. The summed E-state index contributed by atoms with van der Waals surface area (Å²) in [6.07, 6.45) is 1.55. The lowest BCUT2D eigenvalue weighted by atomic mass is 10.2. The van der Waals surface area contributed by atoms with Gasteiger partial charge in [-0.3, -0.25) is 14.3 Å². The monoisotopic (exact) mass is 325 g/mol.